The van der Waals surface area contributed by atoms with E-state index in [0.717, 1.165) is 23.7 Å². The molecule has 0 heterocycles. The van der Waals surface area contributed by atoms with Crippen LogP contribution in [0.2, 0.25) is 0 Å². The quantitative estimate of drug-likeness (QED) is 0.366. The van der Waals surface area contributed by atoms with Crippen molar-refractivity contribution in [1.82, 2.24) is 0 Å². The highest BCUT2D eigenvalue weighted by Crippen LogP contribution is 2.32. The first-order valence-electron chi connectivity index (χ1n) is 11.9. The summed E-state index contributed by atoms with van der Waals surface area (Å²) in [6.07, 6.45) is 5.89. The van der Waals surface area contributed by atoms with E-state index in [4.69, 9.17) is 0 Å². The summed E-state index contributed by atoms with van der Waals surface area (Å²) in [6.45, 7) is 30.4. The third-order valence-corrected chi connectivity index (χ3v) is 4.10. The van der Waals surface area contributed by atoms with Gasteiger partial charge < -0.3 is 21.1 Å². The highest BCUT2D eigenvalue weighted by molar-refractivity contribution is 5.72. The van der Waals surface area contributed by atoms with Gasteiger partial charge in [0.15, 0.2) is 0 Å². The molecule has 2 aliphatic carbocycles. The number of nitrogens with two attached hydrogens (primary N) is 2. The van der Waals surface area contributed by atoms with Gasteiger partial charge in [-0.15, -0.1) is 13.2 Å². The van der Waals surface area contributed by atoms with Gasteiger partial charge in [-0.3, -0.25) is 0 Å². The average molecular weight is 459 g/mol. The smallest absolute Gasteiger partial charge is 0.126 e. The summed E-state index contributed by atoms with van der Waals surface area (Å²) >= 11 is 0. The Balaban J connectivity index is -0.0000000622. The molecule has 4 heteroatoms. The maximum atomic E-state index is 9.44. The fraction of sp³-hybridized carbons (Fsp3) is 0.786. The topological polar surface area (TPSA) is 86.2 Å². The first-order valence-corrected chi connectivity index (χ1v) is 11.9. The molecule has 2 fully saturated rings. The molecule has 0 aromatic carbocycles. The van der Waals surface area contributed by atoms with Crippen molar-refractivity contribution in [3.63, 3.8) is 0 Å². The lowest BCUT2D eigenvalue weighted by Gasteiger charge is -2.29. The molecule has 2 rings (SSSR count). The monoisotopic (exact) mass is 458 g/mol. The third-order valence-electron chi connectivity index (χ3n) is 4.10. The first-order chi connectivity index (χ1) is 14.5. The predicted octanol–water partition coefficient (Wildman–Crippen LogP) is 7.61. The van der Waals surface area contributed by atoms with E-state index in [0.29, 0.717) is 0 Å². The van der Waals surface area contributed by atoms with Crippen molar-refractivity contribution in [3.8, 4) is 0 Å². The fourth-order valence-electron chi connectivity index (χ4n) is 1.67. The molecule has 0 aliphatic heterocycles. The molecule has 4 nitrogen and oxygen atoms in total. The largest absolute Gasteiger partial charge is 0.333 e. The van der Waals surface area contributed by atoms with Crippen LogP contribution in [0.15, 0.2) is 24.3 Å². The van der Waals surface area contributed by atoms with Gasteiger partial charge >= 0.3 is 0 Å². The van der Waals surface area contributed by atoms with Crippen LogP contribution in [0.25, 0.3) is 0 Å². The van der Waals surface area contributed by atoms with Gasteiger partial charge in [0.2, 0.25) is 0 Å². The molecule has 0 amide bonds. The summed E-state index contributed by atoms with van der Waals surface area (Å²) in [5.41, 5.74) is 11.3. The van der Waals surface area contributed by atoms with E-state index in [-0.39, 0.29) is 11.6 Å². The molecule has 0 saturated heterocycles. The zero-order chi connectivity index (χ0) is 27.4. The molecule has 4 unspecified atom stereocenters. The van der Waals surface area contributed by atoms with E-state index in [1.807, 2.05) is 27.7 Å². The van der Waals surface area contributed by atoms with Crippen molar-refractivity contribution in [1.29, 1.82) is 0 Å². The lowest BCUT2D eigenvalue weighted by atomic mass is 9.77. The Morgan fingerprint density at radius 2 is 0.562 bits per heavy atom. The van der Waals surface area contributed by atoms with Crippen LogP contribution < -0.4 is 11.5 Å². The van der Waals surface area contributed by atoms with Crippen LogP contribution >= 0.6 is 0 Å². The van der Waals surface area contributed by atoms with Gasteiger partial charge in [-0.05, 0) is 93.2 Å². The lowest BCUT2D eigenvalue weighted by molar-refractivity contribution is -0.115. The Bertz CT molecular complexity index is 335. The van der Waals surface area contributed by atoms with Crippen molar-refractivity contribution in [2.75, 3.05) is 14.1 Å². The highest BCUT2D eigenvalue weighted by atomic mass is 16.1. The van der Waals surface area contributed by atoms with Gasteiger partial charge in [0.1, 0.15) is 11.6 Å². The summed E-state index contributed by atoms with van der Waals surface area (Å²) in [6, 6.07) is 0. The molecule has 196 valence electrons. The van der Waals surface area contributed by atoms with Crippen LogP contribution in [0.3, 0.4) is 0 Å². The van der Waals surface area contributed by atoms with Crippen LogP contribution in [0.5, 0.6) is 0 Å². The van der Waals surface area contributed by atoms with Crippen molar-refractivity contribution in [3.05, 3.63) is 24.3 Å². The Hall–Kier alpha value is -1.26. The Kier molecular flexibility index (Phi) is 47.7. The second-order valence-corrected chi connectivity index (χ2v) is 9.29. The Morgan fingerprint density at radius 3 is 0.562 bits per heavy atom. The van der Waals surface area contributed by atoms with Gasteiger partial charge in [-0.25, -0.2) is 0 Å². The van der Waals surface area contributed by atoms with Gasteiger partial charge in [0.05, 0.1) is 0 Å². The summed E-state index contributed by atoms with van der Waals surface area (Å²) in [5, 5.41) is 0. The molecule has 0 spiro atoms. The van der Waals surface area contributed by atoms with Crippen LogP contribution in [0.4, 0.5) is 0 Å². The molecule has 2 aliphatic rings. The summed E-state index contributed by atoms with van der Waals surface area (Å²) in [5.74, 6) is 4.46. The first kappa shape index (κ1) is 44.4. The van der Waals surface area contributed by atoms with E-state index >= 15 is 0 Å². The molecule has 0 bridgehead atoms. The number of ketones is 2. The second-order valence-electron chi connectivity index (χ2n) is 9.29. The molecule has 0 aromatic rings. The van der Waals surface area contributed by atoms with Crippen molar-refractivity contribution >= 4 is 11.6 Å². The number of Topliss-reactive ketones (excluding diaryl/α,β-unsaturated/α-hetero) is 2. The molecule has 4 N–H and O–H groups in total. The predicted molar refractivity (Wildman–Crippen MR) is 149 cm³/mol. The summed E-state index contributed by atoms with van der Waals surface area (Å²) in [7, 11) is 3.00. The van der Waals surface area contributed by atoms with Crippen LogP contribution in [-0.4, -0.2) is 25.7 Å². The number of allylic oxidation sites excluding steroid dienone is 2. The molecule has 4 atom stereocenters. The van der Waals surface area contributed by atoms with Gasteiger partial charge in [-0.1, -0.05) is 64.5 Å². The van der Waals surface area contributed by atoms with Crippen LogP contribution in [0.1, 0.15) is 109 Å². The standard InChI is InChI=1S/2C6H12.2C4H8.2C3H6O.2CH5N/c2*1-5-3-4-6(5)2;2*1-4(2)3;2*1-3(2)4;2*1-2/h2*5-6H,3-4H2,1-2H3;2*1H2,2-3H3;2*1-2H3;2*2H2,1H3. The molecule has 32 heavy (non-hydrogen) atoms. The minimum absolute atomic E-state index is 0.167. The minimum atomic E-state index is 0.167. The van der Waals surface area contributed by atoms with E-state index in [1.165, 1.54) is 78.6 Å². The number of carbonyl (C=O) groups excluding carboxylic acids is 2. The van der Waals surface area contributed by atoms with Gasteiger partial charge in [-0.2, -0.15) is 0 Å². The van der Waals surface area contributed by atoms with Crippen molar-refractivity contribution in [2.24, 2.45) is 35.1 Å². The SMILES string of the molecule is C=C(C)C.C=C(C)C.CC(C)=O.CC(C)=O.CC1CCC1C.CC1CCC1C.CN.CN. The van der Waals surface area contributed by atoms with E-state index in [1.54, 1.807) is 0 Å². The second kappa shape index (κ2) is 34.4. The summed E-state index contributed by atoms with van der Waals surface area (Å²) < 4.78 is 0. The third kappa shape index (κ3) is 78.9. The minimum Gasteiger partial charge on any atom is -0.333 e. The number of rotatable bonds is 0. The molecular weight excluding hydrogens is 396 g/mol. The van der Waals surface area contributed by atoms with Gasteiger partial charge in [0, 0.05) is 0 Å². The fourth-order valence-corrected chi connectivity index (χ4v) is 1.67. The molecule has 2 saturated carbocycles. The molecule has 0 radical (unpaired) electrons. The maximum Gasteiger partial charge on any atom is 0.126 e. The lowest BCUT2D eigenvalue weighted by Crippen LogP contribution is -2.18. The normalized spacial score (nSPS) is 20.5. The van der Waals surface area contributed by atoms with Gasteiger partial charge in [0.25, 0.3) is 0 Å². The van der Waals surface area contributed by atoms with Crippen molar-refractivity contribution in [2.45, 2.75) is 109 Å². The van der Waals surface area contributed by atoms with E-state index in [9.17, 15) is 9.59 Å². The summed E-state index contributed by atoms with van der Waals surface area (Å²) in [4.78, 5) is 18.9. The zero-order valence-corrected chi connectivity index (χ0v) is 24.5. The van der Waals surface area contributed by atoms with Crippen LogP contribution in [-0.2, 0) is 9.59 Å². The highest BCUT2D eigenvalue weighted by Gasteiger charge is 2.21. The average Bonchev–Trinajstić information content (AvgIpc) is 2.67. The number of hydrogen-bond donors (Lipinski definition) is 2. The molecular formula is C28H62N2O2. The Labute approximate surface area is 203 Å². The van der Waals surface area contributed by atoms with Crippen molar-refractivity contribution < 1.29 is 9.59 Å². The van der Waals surface area contributed by atoms with E-state index in [2.05, 4.69) is 52.3 Å². The van der Waals surface area contributed by atoms with Crippen LogP contribution in [0, 0.1) is 23.7 Å². The Morgan fingerprint density at radius 1 is 0.500 bits per heavy atom. The van der Waals surface area contributed by atoms with E-state index < -0.39 is 0 Å². The number of carbonyl (C=O) groups is 2. The zero-order valence-electron chi connectivity index (χ0n) is 24.5. The number of hydrogen-bond acceptors (Lipinski definition) is 4. The maximum absolute atomic E-state index is 9.44. The molecule has 0 aromatic heterocycles.